The largest absolute Gasteiger partial charge is 0.379 e. The van der Waals surface area contributed by atoms with Gasteiger partial charge in [-0.1, -0.05) is 6.07 Å². The van der Waals surface area contributed by atoms with Crippen LogP contribution in [0, 0.1) is 0 Å². The first kappa shape index (κ1) is 18.6. The highest BCUT2D eigenvalue weighted by Gasteiger charge is 2.29. The highest BCUT2D eigenvalue weighted by molar-refractivity contribution is 7.13. The summed E-state index contributed by atoms with van der Waals surface area (Å²) in [5.74, 6) is -0.0658. The fourth-order valence-corrected chi connectivity index (χ4v) is 3.87. The van der Waals surface area contributed by atoms with Crippen molar-refractivity contribution < 1.29 is 9.53 Å². The summed E-state index contributed by atoms with van der Waals surface area (Å²) in [7, 11) is 0. The third-order valence-electron chi connectivity index (χ3n) is 4.44. The van der Waals surface area contributed by atoms with Gasteiger partial charge >= 0.3 is 0 Å². The van der Waals surface area contributed by atoms with Gasteiger partial charge in [0.05, 0.1) is 31.6 Å². The molecule has 1 N–H and O–H groups in total. The van der Waals surface area contributed by atoms with Gasteiger partial charge in [-0.2, -0.15) is 0 Å². The molecular weight excluding hydrogens is 376 g/mol. The third-order valence-corrected chi connectivity index (χ3v) is 5.35. The molecule has 28 heavy (non-hydrogen) atoms. The number of nitrogens with zero attached hydrogens (tertiary/aromatic N) is 5. The average molecular weight is 396 g/mol. The number of ether oxygens (including phenoxy) is 1. The van der Waals surface area contributed by atoms with Gasteiger partial charge in [-0.3, -0.25) is 24.6 Å². The first-order chi connectivity index (χ1) is 13.8. The Kier molecular flexibility index (Phi) is 5.95. The Morgan fingerprint density at radius 2 is 2.07 bits per heavy atom. The van der Waals surface area contributed by atoms with Crippen LogP contribution in [0.2, 0.25) is 0 Å². The van der Waals surface area contributed by atoms with Crippen LogP contribution in [-0.2, 0) is 16.1 Å². The molecule has 0 saturated carbocycles. The van der Waals surface area contributed by atoms with Gasteiger partial charge in [0.15, 0.2) is 0 Å². The lowest BCUT2D eigenvalue weighted by Crippen LogP contribution is -2.45. The zero-order chi connectivity index (χ0) is 19.2. The molecule has 144 valence electrons. The SMILES string of the molecule is O=C(NCc1csc(-c2cnccn2)n1)[C@H](c1cccnc1)N1CCOCC1. The van der Waals surface area contributed by atoms with Gasteiger partial charge in [0.1, 0.15) is 16.7 Å². The predicted octanol–water partition coefficient (Wildman–Crippen LogP) is 1.68. The van der Waals surface area contributed by atoms with E-state index in [1.165, 1.54) is 11.3 Å². The maximum absolute atomic E-state index is 13.0. The highest BCUT2D eigenvalue weighted by atomic mass is 32.1. The Labute approximate surface area is 166 Å². The minimum atomic E-state index is -0.393. The van der Waals surface area contributed by atoms with Crippen molar-refractivity contribution in [1.29, 1.82) is 0 Å². The predicted molar refractivity (Wildman–Crippen MR) is 104 cm³/mol. The van der Waals surface area contributed by atoms with Crippen LogP contribution < -0.4 is 5.32 Å². The summed E-state index contributed by atoms with van der Waals surface area (Å²) in [5, 5.41) is 5.73. The van der Waals surface area contributed by atoms with Gasteiger partial charge in [0.2, 0.25) is 5.91 Å². The number of thiazole rings is 1. The number of rotatable bonds is 6. The van der Waals surface area contributed by atoms with E-state index in [-0.39, 0.29) is 5.91 Å². The number of hydrogen-bond acceptors (Lipinski definition) is 8. The number of morpholine rings is 1. The molecule has 0 bridgehead atoms. The Balaban J connectivity index is 1.45. The number of hydrogen-bond donors (Lipinski definition) is 1. The van der Waals surface area contributed by atoms with Gasteiger partial charge in [0.25, 0.3) is 0 Å². The number of carbonyl (C=O) groups excluding carboxylic acids is 1. The molecule has 0 spiro atoms. The topological polar surface area (TPSA) is 93.1 Å². The fraction of sp³-hybridized carbons (Fsp3) is 0.316. The van der Waals surface area contributed by atoms with Gasteiger partial charge in [0, 0.05) is 43.3 Å². The number of nitrogens with one attached hydrogen (secondary N) is 1. The molecule has 1 amide bonds. The molecule has 3 aromatic rings. The molecule has 1 saturated heterocycles. The Morgan fingerprint density at radius 3 is 2.82 bits per heavy atom. The molecule has 1 aliphatic rings. The molecule has 8 nitrogen and oxygen atoms in total. The van der Waals surface area contributed by atoms with E-state index in [2.05, 4.69) is 30.2 Å². The normalized spacial score (nSPS) is 15.9. The lowest BCUT2D eigenvalue weighted by atomic mass is 10.1. The summed E-state index contributed by atoms with van der Waals surface area (Å²) in [5.41, 5.74) is 2.40. The number of amides is 1. The number of pyridine rings is 1. The second kappa shape index (κ2) is 8.96. The molecule has 3 aromatic heterocycles. The third kappa shape index (κ3) is 4.38. The van der Waals surface area contributed by atoms with Crippen molar-refractivity contribution >= 4 is 17.2 Å². The van der Waals surface area contributed by atoms with Crippen molar-refractivity contribution in [3.05, 3.63) is 59.8 Å². The van der Waals surface area contributed by atoms with E-state index < -0.39 is 6.04 Å². The van der Waals surface area contributed by atoms with Crippen LogP contribution in [0.3, 0.4) is 0 Å². The molecule has 1 atom stereocenters. The van der Waals surface area contributed by atoms with E-state index in [0.29, 0.717) is 32.8 Å². The van der Waals surface area contributed by atoms with Crippen molar-refractivity contribution in [3.8, 4) is 10.7 Å². The fourth-order valence-electron chi connectivity index (χ4n) is 3.09. The minimum Gasteiger partial charge on any atom is -0.379 e. The summed E-state index contributed by atoms with van der Waals surface area (Å²) in [4.78, 5) is 32.2. The summed E-state index contributed by atoms with van der Waals surface area (Å²) in [6, 6.07) is 3.39. The Morgan fingerprint density at radius 1 is 1.21 bits per heavy atom. The molecule has 4 heterocycles. The molecule has 9 heteroatoms. The van der Waals surface area contributed by atoms with Crippen LogP contribution in [-0.4, -0.2) is 57.0 Å². The Bertz CT molecular complexity index is 899. The molecule has 4 rings (SSSR count). The molecular formula is C19H20N6O2S. The summed E-state index contributed by atoms with van der Waals surface area (Å²) in [6.45, 7) is 3.02. The van der Waals surface area contributed by atoms with E-state index in [4.69, 9.17) is 4.74 Å². The zero-order valence-corrected chi connectivity index (χ0v) is 16.0. The smallest absolute Gasteiger partial charge is 0.242 e. The van der Waals surface area contributed by atoms with E-state index in [9.17, 15) is 4.79 Å². The highest BCUT2D eigenvalue weighted by Crippen LogP contribution is 2.23. The van der Waals surface area contributed by atoms with E-state index in [0.717, 1.165) is 22.0 Å². The second-order valence-corrected chi connectivity index (χ2v) is 7.15. The summed E-state index contributed by atoms with van der Waals surface area (Å²) in [6.07, 6.45) is 8.40. The van der Waals surface area contributed by atoms with Crippen LogP contribution in [0.4, 0.5) is 0 Å². The van der Waals surface area contributed by atoms with Crippen LogP contribution in [0.15, 0.2) is 48.5 Å². The van der Waals surface area contributed by atoms with Crippen molar-refractivity contribution in [2.75, 3.05) is 26.3 Å². The van der Waals surface area contributed by atoms with Gasteiger partial charge in [-0.25, -0.2) is 4.98 Å². The van der Waals surface area contributed by atoms with Gasteiger partial charge in [-0.05, 0) is 11.6 Å². The van der Waals surface area contributed by atoms with E-state index >= 15 is 0 Å². The van der Waals surface area contributed by atoms with Crippen molar-refractivity contribution in [2.24, 2.45) is 0 Å². The minimum absolute atomic E-state index is 0.0658. The van der Waals surface area contributed by atoms with E-state index in [1.54, 1.807) is 31.0 Å². The Hall–Kier alpha value is -2.75. The van der Waals surface area contributed by atoms with Crippen LogP contribution in [0.5, 0.6) is 0 Å². The molecule has 0 unspecified atom stereocenters. The zero-order valence-electron chi connectivity index (χ0n) is 15.2. The van der Waals surface area contributed by atoms with Crippen molar-refractivity contribution in [3.63, 3.8) is 0 Å². The molecule has 0 radical (unpaired) electrons. The number of carbonyl (C=O) groups is 1. The number of aromatic nitrogens is 4. The van der Waals surface area contributed by atoms with Gasteiger partial charge < -0.3 is 10.1 Å². The lowest BCUT2D eigenvalue weighted by molar-refractivity contribution is -0.128. The van der Waals surface area contributed by atoms with Crippen LogP contribution >= 0.6 is 11.3 Å². The first-order valence-electron chi connectivity index (χ1n) is 9.01. The summed E-state index contributed by atoms with van der Waals surface area (Å²) >= 11 is 1.49. The standard InChI is InChI=1S/C19H20N6O2S/c26-18(17(14-2-1-3-20-10-14)25-6-8-27-9-7-25)23-11-15-13-28-19(24-15)16-12-21-4-5-22-16/h1-5,10,12-13,17H,6-9,11H2,(H,23,26)/t17-/m0/s1. The molecule has 0 aromatic carbocycles. The monoisotopic (exact) mass is 396 g/mol. The van der Waals surface area contributed by atoms with E-state index in [1.807, 2.05) is 17.5 Å². The maximum Gasteiger partial charge on any atom is 0.242 e. The summed E-state index contributed by atoms with van der Waals surface area (Å²) < 4.78 is 5.43. The average Bonchev–Trinajstić information content (AvgIpc) is 3.24. The van der Waals surface area contributed by atoms with Crippen LogP contribution in [0.25, 0.3) is 10.7 Å². The van der Waals surface area contributed by atoms with Crippen molar-refractivity contribution in [2.45, 2.75) is 12.6 Å². The lowest BCUT2D eigenvalue weighted by Gasteiger charge is -2.33. The van der Waals surface area contributed by atoms with Crippen molar-refractivity contribution in [1.82, 2.24) is 30.2 Å². The molecule has 0 aliphatic carbocycles. The second-order valence-electron chi connectivity index (χ2n) is 6.29. The van der Waals surface area contributed by atoms with Gasteiger partial charge in [-0.15, -0.1) is 11.3 Å². The maximum atomic E-state index is 13.0. The molecule has 1 aliphatic heterocycles. The molecule has 1 fully saturated rings. The first-order valence-corrected chi connectivity index (χ1v) is 9.89. The van der Waals surface area contributed by atoms with Crippen LogP contribution in [0.1, 0.15) is 17.3 Å². The quantitative estimate of drug-likeness (QED) is 0.678.